The fourth-order valence-corrected chi connectivity index (χ4v) is 0.863. The Hall–Kier alpha value is -1.14. The predicted molar refractivity (Wildman–Crippen MR) is 47.7 cm³/mol. The molecule has 0 rings (SSSR count). The molecule has 0 aromatic rings. The lowest BCUT2D eigenvalue weighted by Gasteiger charge is -2.16. The molecule has 0 aliphatic rings. The number of carboxylic acids is 1. The minimum Gasteiger partial charge on any atom is -0.480 e. The number of ether oxygens (including phenoxy) is 1. The molecule has 0 aliphatic heterocycles. The van der Waals surface area contributed by atoms with Gasteiger partial charge in [-0.3, -0.25) is 14.9 Å². The molecule has 1 unspecified atom stereocenters. The molecule has 6 heteroatoms. The third-order valence-electron chi connectivity index (χ3n) is 1.50. The Labute approximate surface area is 81.9 Å². The zero-order chi connectivity index (χ0) is 11.1. The van der Waals surface area contributed by atoms with Gasteiger partial charge >= 0.3 is 11.9 Å². The summed E-state index contributed by atoms with van der Waals surface area (Å²) >= 11 is 0. The molecule has 0 radical (unpaired) electrons. The molecule has 0 bridgehead atoms. The number of hydrogen-bond donors (Lipinski definition) is 3. The van der Waals surface area contributed by atoms with E-state index in [1.54, 1.807) is 6.92 Å². The van der Waals surface area contributed by atoms with E-state index in [0.717, 1.165) is 0 Å². The van der Waals surface area contributed by atoms with Crippen molar-refractivity contribution >= 4 is 11.9 Å². The lowest BCUT2D eigenvalue weighted by molar-refractivity contribution is -0.145. The van der Waals surface area contributed by atoms with Gasteiger partial charge in [0.1, 0.15) is 12.1 Å². The van der Waals surface area contributed by atoms with Crippen LogP contribution in [0.5, 0.6) is 0 Å². The first-order valence-corrected chi connectivity index (χ1v) is 4.21. The van der Waals surface area contributed by atoms with Gasteiger partial charge in [0.2, 0.25) is 0 Å². The van der Waals surface area contributed by atoms with E-state index < -0.39 is 30.7 Å². The summed E-state index contributed by atoms with van der Waals surface area (Å²) in [5.41, 5.74) is 0. The second-order valence-electron chi connectivity index (χ2n) is 2.90. The molecular formula is C8H15NO5. The Morgan fingerprint density at radius 1 is 1.50 bits per heavy atom. The molecule has 3 N–H and O–H groups in total. The summed E-state index contributed by atoms with van der Waals surface area (Å²) in [7, 11) is 0. The minimum atomic E-state index is -1.14. The maximum absolute atomic E-state index is 10.5. The number of nitrogens with one attached hydrogen (secondary N) is 1. The molecule has 0 spiro atoms. The van der Waals surface area contributed by atoms with Crippen molar-refractivity contribution < 1.29 is 24.5 Å². The van der Waals surface area contributed by atoms with Crippen LogP contribution in [-0.4, -0.2) is 47.4 Å². The van der Waals surface area contributed by atoms with Gasteiger partial charge in [-0.05, 0) is 6.92 Å². The van der Waals surface area contributed by atoms with E-state index in [2.05, 4.69) is 5.32 Å². The minimum absolute atomic E-state index is 0.192. The molecule has 0 aromatic heterocycles. The number of carbonyl (C=O) groups is 2. The van der Waals surface area contributed by atoms with Crippen molar-refractivity contribution in [2.75, 3.05) is 13.2 Å². The van der Waals surface area contributed by atoms with Crippen LogP contribution in [0.1, 0.15) is 13.8 Å². The highest BCUT2D eigenvalue weighted by molar-refractivity contribution is 5.73. The first-order chi connectivity index (χ1) is 6.47. The number of carbonyl (C=O) groups excluding carboxylic acids is 1. The number of carboxylic acid groups (broad SMARTS) is 1. The molecule has 0 fully saturated rings. The molecule has 6 nitrogen and oxygen atoms in total. The van der Waals surface area contributed by atoms with Gasteiger partial charge in [-0.2, -0.15) is 0 Å². The Balaban J connectivity index is 3.79. The highest BCUT2D eigenvalue weighted by Gasteiger charge is 2.16. The zero-order valence-corrected chi connectivity index (χ0v) is 8.19. The first-order valence-electron chi connectivity index (χ1n) is 4.21. The molecule has 0 saturated carbocycles. The number of hydrogen-bond acceptors (Lipinski definition) is 5. The fourth-order valence-electron chi connectivity index (χ4n) is 0.863. The molecular weight excluding hydrogens is 190 g/mol. The van der Waals surface area contributed by atoms with E-state index in [9.17, 15) is 9.59 Å². The molecule has 0 heterocycles. The number of esters is 1. The van der Waals surface area contributed by atoms with E-state index >= 15 is 0 Å². The first kappa shape index (κ1) is 12.9. The highest BCUT2D eigenvalue weighted by atomic mass is 16.5. The summed E-state index contributed by atoms with van der Waals surface area (Å²) in [5, 5.41) is 19.7. The summed E-state index contributed by atoms with van der Waals surface area (Å²) in [6.07, 6.45) is -0.416. The Bertz CT molecular complexity index is 206. The van der Waals surface area contributed by atoms with Crippen molar-refractivity contribution in [3.63, 3.8) is 0 Å². The van der Waals surface area contributed by atoms with Crippen molar-refractivity contribution in [3.05, 3.63) is 0 Å². The SMILES string of the molecule is CC(=O)OC(C)CN[C@@H](CO)C(=O)O. The third-order valence-corrected chi connectivity index (χ3v) is 1.50. The van der Waals surface area contributed by atoms with Crippen LogP contribution in [0.15, 0.2) is 0 Å². The third kappa shape index (κ3) is 5.50. The number of aliphatic hydroxyl groups is 1. The Morgan fingerprint density at radius 2 is 2.07 bits per heavy atom. The second-order valence-corrected chi connectivity index (χ2v) is 2.90. The van der Waals surface area contributed by atoms with Crippen LogP contribution in [-0.2, 0) is 14.3 Å². The topological polar surface area (TPSA) is 95.9 Å². The smallest absolute Gasteiger partial charge is 0.323 e. The van der Waals surface area contributed by atoms with Crippen molar-refractivity contribution in [2.24, 2.45) is 0 Å². The normalized spacial score (nSPS) is 14.5. The highest BCUT2D eigenvalue weighted by Crippen LogP contribution is 1.91. The molecule has 0 amide bonds. The van der Waals surface area contributed by atoms with Gasteiger partial charge < -0.3 is 14.9 Å². The number of aliphatic hydroxyl groups excluding tert-OH is 1. The molecule has 0 aromatic carbocycles. The van der Waals surface area contributed by atoms with Gasteiger partial charge in [-0.1, -0.05) is 0 Å². The zero-order valence-electron chi connectivity index (χ0n) is 8.19. The Kier molecular flexibility index (Phi) is 5.82. The van der Waals surface area contributed by atoms with E-state index in [0.29, 0.717) is 0 Å². The summed E-state index contributed by atoms with van der Waals surface area (Å²) in [6.45, 7) is 2.60. The summed E-state index contributed by atoms with van der Waals surface area (Å²) in [4.78, 5) is 20.9. The van der Waals surface area contributed by atoms with Crippen LogP contribution in [0.2, 0.25) is 0 Å². The predicted octanol–water partition coefficient (Wildman–Crippen LogP) is -1.03. The van der Waals surface area contributed by atoms with E-state index in [4.69, 9.17) is 14.9 Å². The fraction of sp³-hybridized carbons (Fsp3) is 0.750. The second kappa shape index (κ2) is 6.33. The molecule has 0 saturated heterocycles. The van der Waals surface area contributed by atoms with Gasteiger partial charge in [-0.15, -0.1) is 0 Å². The van der Waals surface area contributed by atoms with E-state index in [1.165, 1.54) is 6.92 Å². The maximum Gasteiger partial charge on any atom is 0.323 e. The number of rotatable bonds is 6. The van der Waals surface area contributed by atoms with Gasteiger partial charge in [0.05, 0.1) is 6.61 Å². The van der Waals surface area contributed by atoms with Gasteiger partial charge in [0.25, 0.3) is 0 Å². The lowest BCUT2D eigenvalue weighted by Crippen LogP contribution is -2.43. The summed E-state index contributed by atoms with van der Waals surface area (Å²) in [5.74, 6) is -1.56. The lowest BCUT2D eigenvalue weighted by atomic mass is 10.3. The quantitative estimate of drug-likeness (QED) is 0.480. The Morgan fingerprint density at radius 3 is 2.43 bits per heavy atom. The van der Waals surface area contributed by atoms with Crippen LogP contribution in [0.3, 0.4) is 0 Å². The average molecular weight is 205 g/mol. The molecule has 2 atom stereocenters. The van der Waals surface area contributed by atoms with Gasteiger partial charge in [0, 0.05) is 13.5 Å². The van der Waals surface area contributed by atoms with Crippen LogP contribution >= 0.6 is 0 Å². The standard InChI is InChI=1S/C8H15NO5/c1-5(14-6(2)11)3-9-7(4-10)8(12)13/h5,7,9-10H,3-4H2,1-2H3,(H,12,13)/t5?,7-/m0/s1. The molecule has 0 aliphatic carbocycles. The van der Waals surface area contributed by atoms with Crippen LogP contribution in [0, 0.1) is 0 Å². The average Bonchev–Trinajstić information content (AvgIpc) is 2.03. The summed E-state index contributed by atoms with van der Waals surface area (Å²) < 4.78 is 4.75. The molecule has 14 heavy (non-hydrogen) atoms. The van der Waals surface area contributed by atoms with Crippen LogP contribution < -0.4 is 5.32 Å². The van der Waals surface area contributed by atoms with Crippen molar-refractivity contribution in [2.45, 2.75) is 26.0 Å². The molecule has 82 valence electrons. The van der Waals surface area contributed by atoms with Gasteiger partial charge in [-0.25, -0.2) is 0 Å². The van der Waals surface area contributed by atoms with Crippen molar-refractivity contribution in [3.8, 4) is 0 Å². The van der Waals surface area contributed by atoms with Crippen LogP contribution in [0.25, 0.3) is 0 Å². The van der Waals surface area contributed by atoms with Crippen molar-refractivity contribution in [1.29, 1.82) is 0 Å². The summed E-state index contributed by atoms with van der Waals surface area (Å²) in [6, 6.07) is -1.02. The maximum atomic E-state index is 10.5. The number of aliphatic carboxylic acids is 1. The van der Waals surface area contributed by atoms with Crippen molar-refractivity contribution in [1.82, 2.24) is 5.32 Å². The van der Waals surface area contributed by atoms with Crippen LogP contribution in [0.4, 0.5) is 0 Å². The van der Waals surface area contributed by atoms with Gasteiger partial charge in [0.15, 0.2) is 0 Å². The monoisotopic (exact) mass is 205 g/mol. The van der Waals surface area contributed by atoms with E-state index in [1.807, 2.05) is 0 Å². The largest absolute Gasteiger partial charge is 0.480 e. The van der Waals surface area contributed by atoms with E-state index in [-0.39, 0.29) is 6.54 Å².